The molecule has 0 fully saturated rings. The zero-order chi connectivity index (χ0) is 19.4. The van der Waals surface area contributed by atoms with Crippen molar-refractivity contribution < 1.29 is 9.90 Å². The molecule has 0 aromatic heterocycles. The van der Waals surface area contributed by atoms with Crippen molar-refractivity contribution in [2.24, 2.45) is 11.8 Å². The maximum Gasteiger partial charge on any atom is 0.303 e. The van der Waals surface area contributed by atoms with Crippen molar-refractivity contribution in [1.29, 1.82) is 0 Å². The van der Waals surface area contributed by atoms with Crippen molar-refractivity contribution >= 4 is 5.97 Å². The Morgan fingerprint density at radius 2 is 1.96 bits per heavy atom. The first-order valence-corrected chi connectivity index (χ1v) is 10.8. The summed E-state index contributed by atoms with van der Waals surface area (Å²) < 4.78 is 0. The zero-order valence-corrected chi connectivity index (χ0v) is 17.6. The van der Waals surface area contributed by atoms with Crippen LogP contribution in [0.3, 0.4) is 0 Å². The fraction of sp³-hybridized carbons (Fsp3) is 0.783. The van der Waals surface area contributed by atoms with Gasteiger partial charge in [0, 0.05) is 25.7 Å². The first-order chi connectivity index (χ1) is 12.5. The van der Waals surface area contributed by atoms with E-state index < -0.39 is 5.97 Å². The first-order valence-electron chi connectivity index (χ1n) is 10.8. The Hall–Kier alpha value is -1.25. The number of carboxylic acids is 1. The minimum atomic E-state index is -0.677. The summed E-state index contributed by atoms with van der Waals surface area (Å²) in [6, 6.07) is 0. The molecule has 150 valence electrons. The molecule has 0 radical (unpaired) electrons. The third-order valence-electron chi connectivity index (χ3n) is 5.59. The number of likely N-dealkylation sites (N-methyl/N-ethyl adjacent to an activating group) is 1. The van der Waals surface area contributed by atoms with Crippen LogP contribution < -0.4 is 0 Å². The minimum absolute atomic E-state index is 0.267. The summed E-state index contributed by atoms with van der Waals surface area (Å²) in [6.45, 7) is 7.72. The summed E-state index contributed by atoms with van der Waals surface area (Å²) in [4.78, 5) is 13.3. The monoisotopic (exact) mass is 363 g/mol. The second kappa shape index (κ2) is 13.0. The summed E-state index contributed by atoms with van der Waals surface area (Å²) in [7, 11) is 2.24. The Bertz CT molecular complexity index is 467. The van der Waals surface area contributed by atoms with Crippen LogP contribution in [-0.4, -0.2) is 29.6 Å². The van der Waals surface area contributed by atoms with Gasteiger partial charge in [-0.2, -0.15) is 0 Å². The zero-order valence-electron chi connectivity index (χ0n) is 17.6. The van der Waals surface area contributed by atoms with Gasteiger partial charge < -0.3 is 10.0 Å². The van der Waals surface area contributed by atoms with E-state index in [1.807, 2.05) is 0 Å². The minimum Gasteiger partial charge on any atom is -0.481 e. The van der Waals surface area contributed by atoms with Gasteiger partial charge >= 0.3 is 5.97 Å². The van der Waals surface area contributed by atoms with Gasteiger partial charge in [0.25, 0.3) is 0 Å². The Kier molecular flexibility index (Phi) is 11.4. The molecule has 2 atom stereocenters. The standard InChI is InChI=1S/C23H41NO2/c1-5-7-8-9-10-16-24(4)22-18-20(6-2)14-15-21(22)13-11-12-19(3)17-23(25)26/h15,18-20H,5-14,16-17H2,1-4H3,(H,25,26). The van der Waals surface area contributed by atoms with Crippen LogP contribution in [0.1, 0.15) is 91.4 Å². The Balaban J connectivity index is 2.52. The van der Waals surface area contributed by atoms with Gasteiger partial charge in [0.05, 0.1) is 0 Å². The number of carbonyl (C=O) groups is 1. The van der Waals surface area contributed by atoms with Crippen LogP contribution in [0.25, 0.3) is 0 Å². The van der Waals surface area contributed by atoms with Gasteiger partial charge in [0.2, 0.25) is 0 Å². The smallest absolute Gasteiger partial charge is 0.303 e. The van der Waals surface area contributed by atoms with Crippen molar-refractivity contribution in [1.82, 2.24) is 4.90 Å². The lowest BCUT2D eigenvalue weighted by Gasteiger charge is -2.30. The number of allylic oxidation sites excluding steroid dienone is 3. The van der Waals surface area contributed by atoms with E-state index in [0.717, 1.165) is 32.2 Å². The molecule has 0 spiro atoms. The van der Waals surface area contributed by atoms with Crippen molar-refractivity contribution in [3.8, 4) is 0 Å². The molecule has 0 aliphatic heterocycles. The van der Waals surface area contributed by atoms with Gasteiger partial charge in [-0.1, -0.05) is 58.6 Å². The summed E-state index contributed by atoms with van der Waals surface area (Å²) in [5, 5.41) is 8.91. The van der Waals surface area contributed by atoms with E-state index in [-0.39, 0.29) is 12.3 Å². The average molecular weight is 364 g/mol. The Morgan fingerprint density at radius 1 is 1.23 bits per heavy atom. The van der Waals surface area contributed by atoms with Crippen molar-refractivity contribution in [3.63, 3.8) is 0 Å². The number of unbranched alkanes of at least 4 members (excludes halogenated alkanes) is 4. The van der Waals surface area contributed by atoms with Crippen LogP contribution in [0, 0.1) is 11.8 Å². The van der Waals surface area contributed by atoms with Gasteiger partial charge in [-0.05, 0) is 55.9 Å². The van der Waals surface area contributed by atoms with Crippen LogP contribution in [0.15, 0.2) is 23.4 Å². The number of carboxylic acid groups (broad SMARTS) is 1. The molecule has 1 N–H and O–H groups in total. The number of nitrogens with zero attached hydrogens (tertiary/aromatic N) is 1. The van der Waals surface area contributed by atoms with E-state index in [9.17, 15) is 4.79 Å². The topological polar surface area (TPSA) is 40.5 Å². The summed E-state index contributed by atoms with van der Waals surface area (Å²) in [6.07, 6.45) is 17.3. The average Bonchev–Trinajstić information content (AvgIpc) is 2.61. The summed E-state index contributed by atoms with van der Waals surface area (Å²) >= 11 is 0. The first kappa shape index (κ1) is 22.8. The van der Waals surface area contributed by atoms with Crippen molar-refractivity contribution in [2.75, 3.05) is 13.6 Å². The molecule has 3 nitrogen and oxygen atoms in total. The molecule has 0 aromatic carbocycles. The Morgan fingerprint density at radius 3 is 2.62 bits per heavy atom. The molecule has 0 heterocycles. The largest absolute Gasteiger partial charge is 0.481 e. The molecule has 1 aliphatic rings. The molecule has 0 saturated heterocycles. The van der Waals surface area contributed by atoms with Gasteiger partial charge in [-0.3, -0.25) is 4.79 Å². The molecule has 0 bridgehead atoms. The molecular weight excluding hydrogens is 322 g/mol. The summed E-state index contributed by atoms with van der Waals surface area (Å²) in [5.74, 6) is 0.259. The van der Waals surface area contributed by atoms with Gasteiger partial charge in [-0.25, -0.2) is 0 Å². The highest BCUT2D eigenvalue weighted by Crippen LogP contribution is 2.30. The van der Waals surface area contributed by atoms with E-state index in [0.29, 0.717) is 5.92 Å². The highest BCUT2D eigenvalue weighted by Gasteiger charge is 2.18. The van der Waals surface area contributed by atoms with E-state index in [4.69, 9.17) is 5.11 Å². The Labute approximate surface area is 161 Å². The van der Waals surface area contributed by atoms with Crippen LogP contribution >= 0.6 is 0 Å². The molecule has 26 heavy (non-hydrogen) atoms. The lowest BCUT2D eigenvalue weighted by atomic mass is 9.88. The van der Waals surface area contributed by atoms with Gasteiger partial charge in [-0.15, -0.1) is 0 Å². The van der Waals surface area contributed by atoms with Crippen LogP contribution in [0.2, 0.25) is 0 Å². The number of rotatable bonds is 14. The second-order valence-corrected chi connectivity index (χ2v) is 8.12. The second-order valence-electron chi connectivity index (χ2n) is 8.12. The van der Waals surface area contributed by atoms with Crippen LogP contribution in [0.5, 0.6) is 0 Å². The molecule has 1 rings (SSSR count). The normalized spacial score (nSPS) is 18.2. The fourth-order valence-electron chi connectivity index (χ4n) is 3.80. The van der Waals surface area contributed by atoms with Gasteiger partial charge in [0.1, 0.15) is 0 Å². The predicted octanol–water partition coefficient (Wildman–Crippen LogP) is 6.41. The molecule has 0 saturated carbocycles. The SMILES string of the molecule is CCCCCCCN(C)C1=CC(CC)CC=C1CCCC(C)CC(=O)O. The number of hydrogen-bond acceptors (Lipinski definition) is 2. The third kappa shape index (κ3) is 8.91. The van der Waals surface area contributed by atoms with Crippen LogP contribution in [-0.2, 0) is 4.79 Å². The van der Waals surface area contributed by atoms with Gasteiger partial charge in [0.15, 0.2) is 0 Å². The molecule has 0 amide bonds. The summed E-state index contributed by atoms with van der Waals surface area (Å²) in [5.41, 5.74) is 2.91. The molecule has 1 aliphatic carbocycles. The van der Waals surface area contributed by atoms with Crippen molar-refractivity contribution in [3.05, 3.63) is 23.4 Å². The lowest BCUT2D eigenvalue weighted by Crippen LogP contribution is -2.23. The van der Waals surface area contributed by atoms with E-state index in [1.165, 1.54) is 49.8 Å². The highest BCUT2D eigenvalue weighted by molar-refractivity contribution is 5.66. The molecule has 0 aromatic rings. The quantitative estimate of drug-likeness (QED) is 0.362. The fourth-order valence-corrected chi connectivity index (χ4v) is 3.80. The maximum atomic E-state index is 10.8. The predicted molar refractivity (Wildman–Crippen MR) is 111 cm³/mol. The van der Waals surface area contributed by atoms with E-state index >= 15 is 0 Å². The molecule has 3 heteroatoms. The maximum absolute atomic E-state index is 10.8. The van der Waals surface area contributed by atoms with Crippen molar-refractivity contribution in [2.45, 2.75) is 91.4 Å². The van der Waals surface area contributed by atoms with Crippen LogP contribution in [0.4, 0.5) is 0 Å². The molecule has 2 unspecified atom stereocenters. The third-order valence-corrected chi connectivity index (χ3v) is 5.59. The van der Waals surface area contributed by atoms with E-state index in [2.05, 4.69) is 44.9 Å². The molecular formula is C23H41NO2. The highest BCUT2D eigenvalue weighted by atomic mass is 16.4. The lowest BCUT2D eigenvalue weighted by molar-refractivity contribution is -0.138. The number of hydrogen-bond donors (Lipinski definition) is 1. The van der Waals surface area contributed by atoms with E-state index in [1.54, 1.807) is 0 Å². The number of aliphatic carboxylic acids is 1.